The number of nitrogens with one attached hydrogen (secondary N) is 2. The molecule has 0 radical (unpaired) electrons. The monoisotopic (exact) mass is 539 g/mol. The van der Waals surface area contributed by atoms with Crippen molar-refractivity contribution in [1.82, 2.24) is 10.2 Å². The van der Waals surface area contributed by atoms with E-state index in [2.05, 4.69) is 15.0 Å². The summed E-state index contributed by atoms with van der Waals surface area (Å²) >= 11 is 0. The second-order valence-corrected chi connectivity index (χ2v) is 12.0. The van der Waals surface area contributed by atoms with E-state index in [0.717, 1.165) is 5.56 Å². The van der Waals surface area contributed by atoms with Gasteiger partial charge in [0, 0.05) is 14.1 Å². The Labute approximate surface area is 210 Å². The van der Waals surface area contributed by atoms with Crippen LogP contribution in [0.1, 0.15) is 60.8 Å². The highest BCUT2D eigenvalue weighted by Crippen LogP contribution is 2.34. The van der Waals surface area contributed by atoms with Gasteiger partial charge in [0.25, 0.3) is 26.0 Å². The first-order valence-electron chi connectivity index (χ1n) is 10.9. The number of primary sulfonamides is 1. The topological polar surface area (TPSA) is 184 Å². The van der Waals surface area contributed by atoms with E-state index in [9.17, 15) is 26.7 Å². The lowest BCUT2D eigenvalue weighted by atomic mass is 10.1. The average Bonchev–Trinajstić information content (AvgIpc) is 3.35. The number of amidine groups is 1. The Bertz CT molecular complexity index is 1460. The molecule has 0 aliphatic carbocycles. The van der Waals surface area contributed by atoms with Crippen LogP contribution in [0.4, 0.5) is 5.69 Å². The number of hydrogen-bond donors (Lipinski definition) is 4. The predicted octanol–water partition coefficient (Wildman–Crippen LogP) is 2.16. The minimum atomic E-state index is -4.79. The lowest BCUT2D eigenvalue weighted by Crippen LogP contribution is -2.32. The van der Waals surface area contributed by atoms with Crippen LogP contribution < -0.4 is 15.8 Å². The van der Waals surface area contributed by atoms with E-state index in [1.165, 1.54) is 37.2 Å². The summed E-state index contributed by atoms with van der Waals surface area (Å²) in [5, 5.41) is 21.5. The molecule has 1 amide bonds. The smallest absolute Gasteiger partial charge is 0.299 e. The van der Waals surface area contributed by atoms with E-state index in [4.69, 9.17) is 9.56 Å². The van der Waals surface area contributed by atoms with Crippen molar-refractivity contribution in [2.75, 3.05) is 19.4 Å². The van der Waals surface area contributed by atoms with Crippen LogP contribution in [0, 0.1) is 0 Å². The van der Waals surface area contributed by atoms with Crippen molar-refractivity contribution < 1.29 is 31.2 Å². The van der Waals surface area contributed by atoms with E-state index >= 15 is 0 Å². The van der Waals surface area contributed by atoms with Gasteiger partial charge in [0.1, 0.15) is 11.5 Å². The number of para-hydroxylation sites is 1. The van der Waals surface area contributed by atoms with Crippen LogP contribution in [0.2, 0.25) is 0 Å². The van der Waals surface area contributed by atoms with Crippen molar-refractivity contribution in [3.8, 4) is 5.75 Å². The summed E-state index contributed by atoms with van der Waals surface area (Å²) in [6, 6.07) is 5.40. The van der Waals surface area contributed by atoms with Gasteiger partial charge < -0.3 is 25.1 Å². The number of carbonyl (C=O) groups is 1. The molecule has 14 heteroatoms. The van der Waals surface area contributed by atoms with Crippen molar-refractivity contribution >= 4 is 37.5 Å². The zero-order valence-corrected chi connectivity index (χ0v) is 22.1. The molecule has 5 N–H and O–H groups in total. The number of benzene rings is 1. The molecule has 0 bridgehead atoms. The Hall–Kier alpha value is -3.36. The highest BCUT2D eigenvalue weighted by molar-refractivity contribution is 8.13. The molecule has 1 aromatic heterocycles. The van der Waals surface area contributed by atoms with Gasteiger partial charge in [-0.05, 0) is 36.1 Å². The third-order valence-electron chi connectivity index (χ3n) is 5.45. The summed E-state index contributed by atoms with van der Waals surface area (Å²) in [5.41, 5.74) is 0.228. The Morgan fingerprint density at radius 2 is 1.94 bits per heavy atom. The lowest BCUT2D eigenvalue weighted by molar-refractivity contribution is 0.0824. The molecule has 0 fully saturated rings. The van der Waals surface area contributed by atoms with Crippen LogP contribution in [-0.4, -0.2) is 52.7 Å². The third kappa shape index (κ3) is 5.39. The number of rotatable bonds is 8. The van der Waals surface area contributed by atoms with Gasteiger partial charge in [-0.2, -0.15) is 8.42 Å². The molecule has 3 rings (SSSR count). The second-order valence-electron chi connectivity index (χ2n) is 8.69. The maximum atomic E-state index is 12.7. The molecule has 1 aliphatic rings. The third-order valence-corrected chi connectivity index (χ3v) is 8.59. The van der Waals surface area contributed by atoms with Crippen LogP contribution in [-0.2, 0) is 20.0 Å². The lowest BCUT2D eigenvalue weighted by Gasteiger charge is -2.19. The molecular formula is C22H29N5O7S2. The molecule has 0 spiro atoms. The van der Waals surface area contributed by atoms with Gasteiger partial charge in [-0.3, -0.25) is 4.79 Å². The number of amides is 1. The molecule has 0 saturated heterocycles. The Morgan fingerprint density at radius 1 is 1.28 bits per heavy atom. The number of hydrogen-bond acceptors (Lipinski definition) is 9. The summed E-state index contributed by atoms with van der Waals surface area (Å²) < 4.78 is 58.2. The van der Waals surface area contributed by atoms with E-state index in [1.807, 2.05) is 26.8 Å². The number of sulfonamides is 2. The van der Waals surface area contributed by atoms with Crippen molar-refractivity contribution in [2.45, 2.75) is 39.2 Å². The minimum Gasteiger partial charge on any atom is -0.505 e. The number of phenolic OH excluding ortho intramolecular Hbond substituents is 1. The van der Waals surface area contributed by atoms with Gasteiger partial charge >= 0.3 is 0 Å². The number of carbonyl (C=O) groups excluding carboxylic acids is 1. The highest BCUT2D eigenvalue weighted by Gasteiger charge is 2.41. The number of furan rings is 1. The molecule has 2 aromatic rings. The number of phenols is 1. The first-order valence-corrected chi connectivity index (χ1v) is 13.9. The average molecular weight is 540 g/mol. The molecule has 1 atom stereocenters. The van der Waals surface area contributed by atoms with E-state index in [1.54, 1.807) is 6.26 Å². The standard InChI is InChI=1S/C22H29N5O7S2/c1-6-15(17-10-13(11-34-17)12(2)3)25-20-18(22(35(23,30)31)36(32,33)26-20)24-16-9-7-8-14(19(16)28)21(29)27(4)5/h7-12,15,24,28H,6H2,1-5H3,(H,25,26)(H2,23,30,31)/t15-/m1/s1. The SMILES string of the molecule is CC[C@@H](NC1=NS(=O)(=O)C(S(N)(=O)=O)=C1Nc1cccc(C(=O)N(C)C)c1O)c1cc(C(C)C)co1. The molecular weight excluding hydrogens is 510 g/mol. The van der Waals surface area contributed by atoms with Gasteiger partial charge in [-0.15, -0.1) is 4.40 Å². The van der Waals surface area contributed by atoms with Crippen molar-refractivity contribution in [1.29, 1.82) is 0 Å². The summed E-state index contributed by atoms with van der Waals surface area (Å²) in [6.45, 7) is 5.79. The normalized spacial score (nSPS) is 16.1. The van der Waals surface area contributed by atoms with Gasteiger partial charge in [0.05, 0.1) is 23.6 Å². The molecule has 196 valence electrons. The van der Waals surface area contributed by atoms with E-state index < -0.39 is 47.7 Å². The van der Waals surface area contributed by atoms with Crippen LogP contribution in [0.3, 0.4) is 0 Å². The molecule has 1 aromatic carbocycles. The van der Waals surface area contributed by atoms with Crippen LogP contribution in [0.25, 0.3) is 0 Å². The first kappa shape index (κ1) is 27.2. The van der Waals surface area contributed by atoms with Crippen molar-refractivity contribution in [3.05, 3.63) is 57.3 Å². The Morgan fingerprint density at radius 3 is 2.47 bits per heavy atom. The quantitative estimate of drug-likeness (QED) is 0.365. The van der Waals surface area contributed by atoms with Crippen LogP contribution >= 0.6 is 0 Å². The molecule has 12 nitrogen and oxygen atoms in total. The number of aromatic hydroxyl groups is 1. The van der Waals surface area contributed by atoms with Crippen molar-refractivity contribution in [3.63, 3.8) is 0 Å². The zero-order valence-electron chi connectivity index (χ0n) is 20.4. The fourth-order valence-electron chi connectivity index (χ4n) is 3.52. The molecule has 1 aliphatic heterocycles. The van der Waals surface area contributed by atoms with E-state index in [-0.39, 0.29) is 23.0 Å². The van der Waals surface area contributed by atoms with Gasteiger partial charge in [-0.25, -0.2) is 13.6 Å². The molecule has 0 unspecified atom stereocenters. The molecule has 0 saturated carbocycles. The van der Waals surface area contributed by atoms with Gasteiger partial charge in [-0.1, -0.05) is 26.8 Å². The summed E-state index contributed by atoms with van der Waals surface area (Å²) in [4.78, 5) is 13.6. The fourth-order valence-corrected chi connectivity index (χ4v) is 6.11. The van der Waals surface area contributed by atoms with Crippen LogP contribution in [0.5, 0.6) is 5.75 Å². The second kappa shape index (κ2) is 9.95. The summed E-state index contributed by atoms with van der Waals surface area (Å²) in [5.74, 6) is -0.688. The first-order chi connectivity index (χ1) is 16.7. The zero-order chi connectivity index (χ0) is 27.0. The maximum Gasteiger partial charge on any atom is 0.299 e. The van der Waals surface area contributed by atoms with Gasteiger partial charge in [0.2, 0.25) is 4.24 Å². The molecule has 36 heavy (non-hydrogen) atoms. The molecule has 2 heterocycles. The van der Waals surface area contributed by atoms with Gasteiger partial charge in [0.15, 0.2) is 11.6 Å². The Balaban J connectivity index is 2.10. The predicted molar refractivity (Wildman–Crippen MR) is 135 cm³/mol. The Kier molecular flexibility index (Phi) is 7.53. The fraction of sp³-hybridized carbons (Fsp3) is 0.364. The largest absolute Gasteiger partial charge is 0.505 e. The number of nitrogens with zero attached hydrogens (tertiary/aromatic N) is 2. The minimum absolute atomic E-state index is 0.0849. The van der Waals surface area contributed by atoms with Crippen LogP contribution in [0.15, 0.2) is 49.3 Å². The van der Waals surface area contributed by atoms with Crippen molar-refractivity contribution in [2.24, 2.45) is 9.54 Å². The highest BCUT2D eigenvalue weighted by atomic mass is 32.3. The summed E-state index contributed by atoms with van der Waals surface area (Å²) in [7, 11) is -6.52. The number of nitrogens with two attached hydrogens (primary N) is 1. The van der Waals surface area contributed by atoms with E-state index in [0.29, 0.717) is 12.2 Å². The maximum absolute atomic E-state index is 12.7. The number of anilines is 1. The summed E-state index contributed by atoms with van der Waals surface area (Å²) in [6.07, 6.45) is 2.02.